The molecule has 0 bridgehead atoms. The van der Waals surface area contributed by atoms with Gasteiger partial charge < -0.3 is 14.7 Å². The number of para-hydroxylation sites is 1. The van der Waals surface area contributed by atoms with E-state index in [0.29, 0.717) is 24.5 Å². The van der Waals surface area contributed by atoms with Gasteiger partial charge in [-0.25, -0.2) is 0 Å². The number of fused-ring (bicyclic) bond motifs is 2. The van der Waals surface area contributed by atoms with Gasteiger partial charge in [0.25, 0.3) is 5.91 Å². The van der Waals surface area contributed by atoms with Gasteiger partial charge in [-0.3, -0.25) is 9.89 Å². The molecular weight excluding hydrogens is 318 g/mol. The molecule has 1 amide bonds. The Morgan fingerprint density at radius 1 is 1.36 bits per heavy atom. The number of hydrogen-bond donors (Lipinski definition) is 2. The summed E-state index contributed by atoms with van der Waals surface area (Å²) >= 11 is 0. The van der Waals surface area contributed by atoms with E-state index in [2.05, 4.69) is 20.3 Å². The van der Waals surface area contributed by atoms with Crippen molar-refractivity contribution >= 4 is 22.5 Å². The molecule has 128 valence electrons. The van der Waals surface area contributed by atoms with Crippen molar-refractivity contribution in [1.29, 1.82) is 0 Å². The number of aromatic nitrogens is 3. The number of aromatic amines is 2. The van der Waals surface area contributed by atoms with Gasteiger partial charge in [0.2, 0.25) is 0 Å². The summed E-state index contributed by atoms with van der Waals surface area (Å²) in [5, 5.41) is 12.4. The number of hydrogen-bond acceptors (Lipinski definition) is 4. The Hall–Kier alpha value is -3.09. The number of benzene rings is 1. The standard InChI is InChI=1S/C18H19N5O2/c1-11(22-25-2)17-13-10-23(8-7-15(13)20-21-17)18(24)16-9-12-5-3-4-6-14(12)19-16/h3-6,9,19H,7-8,10H2,1-2H3,(H,20,21)/b22-11+. The summed E-state index contributed by atoms with van der Waals surface area (Å²) in [6.07, 6.45) is 0.745. The highest BCUT2D eigenvalue weighted by Crippen LogP contribution is 2.23. The molecule has 4 rings (SSSR count). The lowest BCUT2D eigenvalue weighted by atomic mass is 10.0. The molecule has 0 spiro atoms. The second-order valence-corrected chi connectivity index (χ2v) is 6.14. The summed E-state index contributed by atoms with van der Waals surface area (Å²) in [5.41, 5.74) is 5.09. The number of H-pyrrole nitrogens is 2. The SMILES string of the molecule is CO/N=C(\C)c1n[nH]c2c1CN(C(=O)c1cc3ccccc3[nH]1)CC2. The van der Waals surface area contributed by atoms with E-state index in [0.717, 1.165) is 34.3 Å². The molecule has 0 fully saturated rings. The minimum absolute atomic E-state index is 0.00432. The summed E-state index contributed by atoms with van der Waals surface area (Å²) < 4.78 is 0. The largest absolute Gasteiger partial charge is 0.399 e. The Morgan fingerprint density at radius 3 is 3.00 bits per heavy atom. The normalized spacial score (nSPS) is 14.6. The van der Waals surface area contributed by atoms with Gasteiger partial charge in [-0.1, -0.05) is 23.4 Å². The van der Waals surface area contributed by atoms with Crippen molar-refractivity contribution in [1.82, 2.24) is 20.1 Å². The van der Waals surface area contributed by atoms with E-state index in [-0.39, 0.29) is 5.91 Å². The molecule has 0 saturated heterocycles. The molecule has 25 heavy (non-hydrogen) atoms. The van der Waals surface area contributed by atoms with Crippen LogP contribution in [0.1, 0.15) is 34.4 Å². The number of amides is 1. The fourth-order valence-electron chi connectivity index (χ4n) is 3.31. The molecule has 0 saturated carbocycles. The minimum atomic E-state index is -0.00432. The summed E-state index contributed by atoms with van der Waals surface area (Å²) in [6.45, 7) is 3.01. The Bertz CT molecular complexity index is 936. The third-order valence-electron chi connectivity index (χ3n) is 4.55. The van der Waals surface area contributed by atoms with Crippen LogP contribution in [0.3, 0.4) is 0 Å². The first kappa shape index (κ1) is 15.4. The fraction of sp³-hybridized carbons (Fsp3) is 0.278. The molecule has 0 aliphatic carbocycles. The number of nitrogens with one attached hydrogen (secondary N) is 2. The predicted octanol–water partition coefficient (Wildman–Crippen LogP) is 2.46. The molecule has 1 aliphatic rings. The van der Waals surface area contributed by atoms with Gasteiger partial charge in [0, 0.05) is 35.1 Å². The van der Waals surface area contributed by atoms with E-state index in [1.54, 1.807) is 0 Å². The van der Waals surface area contributed by atoms with Crippen LogP contribution in [0.2, 0.25) is 0 Å². The Balaban J connectivity index is 1.62. The van der Waals surface area contributed by atoms with E-state index in [1.165, 1.54) is 7.11 Å². The van der Waals surface area contributed by atoms with Gasteiger partial charge >= 0.3 is 0 Å². The van der Waals surface area contributed by atoms with Crippen molar-refractivity contribution in [2.75, 3.05) is 13.7 Å². The zero-order chi connectivity index (χ0) is 17.4. The fourth-order valence-corrected chi connectivity index (χ4v) is 3.31. The first-order valence-corrected chi connectivity index (χ1v) is 8.18. The molecule has 2 aromatic heterocycles. The van der Waals surface area contributed by atoms with Crippen molar-refractivity contribution in [3.05, 3.63) is 53.0 Å². The molecular formula is C18H19N5O2. The van der Waals surface area contributed by atoms with Crippen molar-refractivity contribution in [3.8, 4) is 0 Å². The number of rotatable bonds is 3. The Kier molecular flexibility index (Phi) is 3.76. The third-order valence-corrected chi connectivity index (χ3v) is 4.55. The topological polar surface area (TPSA) is 86.4 Å². The molecule has 1 aromatic carbocycles. The van der Waals surface area contributed by atoms with E-state index >= 15 is 0 Å². The summed E-state index contributed by atoms with van der Waals surface area (Å²) in [4.78, 5) is 22.8. The van der Waals surface area contributed by atoms with E-state index in [9.17, 15) is 4.79 Å². The predicted molar refractivity (Wildman–Crippen MR) is 94.6 cm³/mol. The lowest BCUT2D eigenvalue weighted by Gasteiger charge is -2.26. The van der Waals surface area contributed by atoms with Gasteiger partial charge in [-0.2, -0.15) is 5.10 Å². The summed E-state index contributed by atoms with van der Waals surface area (Å²) in [5.74, 6) is -0.00432. The van der Waals surface area contributed by atoms with Crippen LogP contribution in [0.25, 0.3) is 10.9 Å². The van der Waals surface area contributed by atoms with Crippen LogP contribution in [0.15, 0.2) is 35.5 Å². The summed E-state index contributed by atoms with van der Waals surface area (Å²) in [7, 11) is 1.51. The molecule has 3 aromatic rings. The van der Waals surface area contributed by atoms with Crippen LogP contribution < -0.4 is 0 Å². The highest BCUT2D eigenvalue weighted by Gasteiger charge is 2.27. The summed E-state index contributed by atoms with van der Waals surface area (Å²) in [6, 6.07) is 9.79. The van der Waals surface area contributed by atoms with Crippen molar-refractivity contribution < 1.29 is 9.63 Å². The smallest absolute Gasteiger partial charge is 0.270 e. The molecule has 7 nitrogen and oxygen atoms in total. The van der Waals surface area contributed by atoms with Gasteiger partial charge in [-0.15, -0.1) is 0 Å². The molecule has 2 N–H and O–H groups in total. The second kappa shape index (κ2) is 6.08. The molecule has 1 aliphatic heterocycles. The van der Waals surface area contributed by atoms with E-state index < -0.39 is 0 Å². The van der Waals surface area contributed by atoms with Gasteiger partial charge in [0.15, 0.2) is 0 Å². The number of oxime groups is 1. The first-order chi connectivity index (χ1) is 12.2. The second-order valence-electron chi connectivity index (χ2n) is 6.14. The van der Waals surface area contributed by atoms with Crippen LogP contribution in [0, 0.1) is 0 Å². The number of nitrogens with zero attached hydrogens (tertiary/aromatic N) is 3. The maximum atomic E-state index is 12.9. The maximum Gasteiger partial charge on any atom is 0.270 e. The van der Waals surface area contributed by atoms with E-state index in [1.807, 2.05) is 42.2 Å². The van der Waals surface area contributed by atoms with Crippen LogP contribution in [0.5, 0.6) is 0 Å². The number of carbonyl (C=O) groups is 1. The number of carbonyl (C=O) groups excluding carboxylic acids is 1. The third kappa shape index (κ3) is 2.67. The van der Waals surface area contributed by atoms with Crippen molar-refractivity contribution in [3.63, 3.8) is 0 Å². The molecule has 3 heterocycles. The average Bonchev–Trinajstić information content (AvgIpc) is 3.24. The first-order valence-electron chi connectivity index (χ1n) is 8.18. The molecule has 0 unspecified atom stereocenters. The van der Waals surface area contributed by atoms with Gasteiger partial charge in [0.1, 0.15) is 24.2 Å². The Labute approximate surface area is 144 Å². The quantitative estimate of drug-likeness (QED) is 0.568. The lowest BCUT2D eigenvalue weighted by Crippen LogP contribution is -2.36. The zero-order valence-corrected chi connectivity index (χ0v) is 14.2. The van der Waals surface area contributed by atoms with Crippen LogP contribution in [0.4, 0.5) is 0 Å². The lowest BCUT2D eigenvalue weighted by molar-refractivity contribution is 0.0729. The van der Waals surface area contributed by atoms with Crippen LogP contribution in [-0.4, -0.2) is 45.4 Å². The van der Waals surface area contributed by atoms with Crippen molar-refractivity contribution in [2.45, 2.75) is 19.9 Å². The molecule has 0 atom stereocenters. The molecule has 0 radical (unpaired) electrons. The monoisotopic (exact) mass is 337 g/mol. The highest BCUT2D eigenvalue weighted by atomic mass is 16.6. The maximum absolute atomic E-state index is 12.9. The molecule has 7 heteroatoms. The Morgan fingerprint density at radius 2 is 2.20 bits per heavy atom. The highest BCUT2D eigenvalue weighted by molar-refractivity contribution is 6.00. The van der Waals surface area contributed by atoms with Crippen LogP contribution in [-0.2, 0) is 17.8 Å². The van der Waals surface area contributed by atoms with E-state index in [4.69, 9.17) is 4.84 Å². The van der Waals surface area contributed by atoms with Crippen LogP contribution >= 0.6 is 0 Å². The minimum Gasteiger partial charge on any atom is -0.399 e. The van der Waals surface area contributed by atoms with Crippen molar-refractivity contribution in [2.24, 2.45) is 5.16 Å². The zero-order valence-electron chi connectivity index (χ0n) is 14.2. The van der Waals surface area contributed by atoms with Gasteiger partial charge in [-0.05, 0) is 19.1 Å². The average molecular weight is 337 g/mol. The van der Waals surface area contributed by atoms with Gasteiger partial charge in [0.05, 0.1) is 6.54 Å².